The van der Waals surface area contributed by atoms with Gasteiger partial charge in [0, 0.05) is 39.1 Å². The first-order valence-electron chi connectivity index (χ1n) is 9.91. The number of hydrogen-bond donors (Lipinski definition) is 1. The van der Waals surface area contributed by atoms with Crippen molar-refractivity contribution in [3.8, 4) is 0 Å². The zero-order valence-electron chi connectivity index (χ0n) is 17.7. The van der Waals surface area contributed by atoms with Crippen LogP contribution in [0.1, 0.15) is 23.3 Å². The molecule has 0 unspecified atom stereocenters. The summed E-state index contributed by atoms with van der Waals surface area (Å²) in [6, 6.07) is 14.2. The fraction of sp³-hybridized carbons (Fsp3) is 0.476. The number of guanidine groups is 1. The van der Waals surface area contributed by atoms with E-state index in [-0.39, 0.29) is 24.0 Å². The molecule has 0 spiro atoms. The lowest BCUT2D eigenvalue weighted by Gasteiger charge is -2.34. The van der Waals surface area contributed by atoms with Crippen LogP contribution < -0.4 is 5.32 Å². The maximum absolute atomic E-state index is 12.2. The van der Waals surface area contributed by atoms with E-state index in [1.54, 1.807) is 27.2 Å². The van der Waals surface area contributed by atoms with Crippen LogP contribution in [-0.2, 0) is 23.0 Å². The van der Waals surface area contributed by atoms with Crippen molar-refractivity contribution in [3.63, 3.8) is 0 Å². The van der Waals surface area contributed by atoms with Gasteiger partial charge in [0.1, 0.15) is 4.21 Å². The Morgan fingerprint density at radius 2 is 1.83 bits per heavy atom. The Bertz CT molecular complexity index is 921. The number of sulfonamides is 1. The van der Waals surface area contributed by atoms with Crippen molar-refractivity contribution >= 4 is 51.3 Å². The van der Waals surface area contributed by atoms with Crippen LogP contribution in [0.5, 0.6) is 0 Å². The van der Waals surface area contributed by atoms with Gasteiger partial charge in [-0.2, -0.15) is 0 Å². The fourth-order valence-electron chi connectivity index (χ4n) is 3.57. The fourth-order valence-corrected chi connectivity index (χ4v) is 6.03. The third kappa shape index (κ3) is 6.41. The highest BCUT2D eigenvalue weighted by Crippen LogP contribution is 2.24. The summed E-state index contributed by atoms with van der Waals surface area (Å²) in [6.45, 7) is 2.55. The molecule has 0 atom stereocenters. The largest absolute Gasteiger partial charge is 0.351 e. The number of halogens is 1. The SMILES string of the molecule is CN=C(NCc1ccc(S(=O)(=O)N(C)C)s1)N1CCC(Cc2ccccc2)CC1.I. The maximum atomic E-state index is 12.2. The highest BCUT2D eigenvalue weighted by molar-refractivity contribution is 14.0. The maximum Gasteiger partial charge on any atom is 0.252 e. The lowest BCUT2D eigenvalue weighted by Crippen LogP contribution is -2.45. The lowest BCUT2D eigenvalue weighted by molar-refractivity contribution is 0.259. The van der Waals surface area contributed by atoms with E-state index in [9.17, 15) is 8.42 Å². The number of benzene rings is 1. The molecular formula is C21H31IN4O2S2. The van der Waals surface area contributed by atoms with Gasteiger partial charge in [-0.1, -0.05) is 30.3 Å². The molecule has 0 saturated carbocycles. The monoisotopic (exact) mass is 562 g/mol. The molecule has 0 amide bonds. The number of aliphatic imine (C=N–C) groups is 1. The van der Waals surface area contributed by atoms with Crippen LogP contribution in [0.3, 0.4) is 0 Å². The first-order valence-corrected chi connectivity index (χ1v) is 12.2. The normalized spacial score (nSPS) is 15.9. The molecule has 1 N–H and O–H groups in total. The molecule has 2 heterocycles. The molecule has 3 rings (SSSR count). The van der Waals surface area contributed by atoms with Gasteiger partial charge in [0.25, 0.3) is 10.0 Å². The molecular weight excluding hydrogens is 531 g/mol. The minimum atomic E-state index is -3.37. The highest BCUT2D eigenvalue weighted by Gasteiger charge is 2.22. The molecule has 1 aromatic heterocycles. The van der Waals surface area contributed by atoms with Gasteiger partial charge in [0.15, 0.2) is 5.96 Å². The average Bonchev–Trinajstić information content (AvgIpc) is 3.20. The molecule has 0 radical (unpaired) electrons. The lowest BCUT2D eigenvalue weighted by atomic mass is 9.90. The number of thiophene rings is 1. The molecule has 1 fully saturated rings. The Kier molecular flexibility index (Phi) is 9.58. The first-order chi connectivity index (χ1) is 13.9. The Labute approximate surface area is 201 Å². The third-order valence-electron chi connectivity index (χ3n) is 5.29. The van der Waals surface area contributed by atoms with Gasteiger partial charge < -0.3 is 10.2 Å². The molecule has 0 aliphatic carbocycles. The average molecular weight is 563 g/mol. The van der Waals surface area contributed by atoms with Crippen LogP contribution in [0.4, 0.5) is 0 Å². The van der Waals surface area contributed by atoms with Crippen molar-refractivity contribution in [1.29, 1.82) is 0 Å². The Balaban J connectivity index is 0.00000320. The van der Waals surface area contributed by atoms with Crippen LogP contribution in [-0.4, -0.2) is 57.8 Å². The highest BCUT2D eigenvalue weighted by atomic mass is 127. The Morgan fingerprint density at radius 3 is 2.43 bits per heavy atom. The van der Waals surface area contributed by atoms with E-state index in [1.165, 1.54) is 21.2 Å². The molecule has 2 aromatic rings. The van der Waals surface area contributed by atoms with Gasteiger partial charge in [0.2, 0.25) is 0 Å². The van der Waals surface area contributed by atoms with Crippen molar-refractivity contribution < 1.29 is 8.42 Å². The van der Waals surface area contributed by atoms with Gasteiger partial charge in [-0.25, -0.2) is 12.7 Å². The predicted octanol–water partition coefficient (Wildman–Crippen LogP) is 3.65. The first kappa shape index (κ1) is 25.1. The van der Waals surface area contributed by atoms with E-state index in [1.807, 2.05) is 6.07 Å². The molecule has 1 saturated heterocycles. The smallest absolute Gasteiger partial charge is 0.252 e. The summed E-state index contributed by atoms with van der Waals surface area (Å²) >= 11 is 1.30. The van der Waals surface area contributed by atoms with Crippen LogP contribution >= 0.6 is 35.3 Å². The summed E-state index contributed by atoms with van der Waals surface area (Å²) in [5.41, 5.74) is 1.41. The second kappa shape index (κ2) is 11.4. The van der Waals surface area contributed by atoms with Gasteiger partial charge in [-0.15, -0.1) is 35.3 Å². The van der Waals surface area contributed by atoms with E-state index < -0.39 is 10.0 Å². The van der Waals surface area contributed by atoms with E-state index in [2.05, 4.69) is 45.5 Å². The minimum Gasteiger partial charge on any atom is -0.351 e. The van der Waals surface area contributed by atoms with Crippen molar-refractivity contribution in [2.75, 3.05) is 34.2 Å². The molecule has 166 valence electrons. The summed E-state index contributed by atoms with van der Waals surface area (Å²) in [7, 11) is 1.53. The summed E-state index contributed by atoms with van der Waals surface area (Å²) < 4.78 is 26.1. The van der Waals surface area contributed by atoms with Crippen LogP contribution in [0.25, 0.3) is 0 Å². The molecule has 0 bridgehead atoms. The minimum absolute atomic E-state index is 0. The number of nitrogens with one attached hydrogen (secondary N) is 1. The van der Waals surface area contributed by atoms with E-state index in [0.29, 0.717) is 16.7 Å². The Hall–Kier alpha value is -1.17. The van der Waals surface area contributed by atoms with Crippen LogP contribution in [0.2, 0.25) is 0 Å². The van der Waals surface area contributed by atoms with Crippen molar-refractivity contribution in [1.82, 2.24) is 14.5 Å². The van der Waals surface area contributed by atoms with Crippen LogP contribution in [0.15, 0.2) is 51.7 Å². The van der Waals surface area contributed by atoms with E-state index in [0.717, 1.165) is 43.2 Å². The van der Waals surface area contributed by atoms with Gasteiger partial charge >= 0.3 is 0 Å². The summed E-state index contributed by atoms with van der Waals surface area (Å²) in [6.07, 6.45) is 3.44. The van der Waals surface area contributed by atoms with E-state index in [4.69, 9.17) is 0 Å². The Morgan fingerprint density at radius 1 is 1.17 bits per heavy atom. The summed E-state index contributed by atoms with van der Waals surface area (Å²) in [4.78, 5) is 7.70. The van der Waals surface area contributed by atoms with E-state index >= 15 is 0 Å². The molecule has 6 nitrogen and oxygen atoms in total. The molecule has 30 heavy (non-hydrogen) atoms. The zero-order valence-corrected chi connectivity index (χ0v) is 21.7. The topological polar surface area (TPSA) is 65.0 Å². The number of hydrogen-bond acceptors (Lipinski definition) is 4. The number of nitrogens with zero attached hydrogens (tertiary/aromatic N) is 3. The van der Waals surface area contributed by atoms with Crippen molar-refractivity contribution in [2.24, 2.45) is 10.9 Å². The quantitative estimate of drug-likeness (QED) is 0.332. The van der Waals surface area contributed by atoms with Gasteiger partial charge in [-0.3, -0.25) is 4.99 Å². The number of likely N-dealkylation sites (tertiary alicyclic amines) is 1. The second-order valence-electron chi connectivity index (χ2n) is 7.53. The van der Waals surface area contributed by atoms with Crippen LogP contribution in [0, 0.1) is 5.92 Å². The number of rotatable bonds is 6. The summed E-state index contributed by atoms with van der Waals surface area (Å²) in [5.74, 6) is 1.59. The summed E-state index contributed by atoms with van der Waals surface area (Å²) in [5, 5.41) is 3.39. The zero-order chi connectivity index (χ0) is 20.9. The predicted molar refractivity (Wildman–Crippen MR) is 135 cm³/mol. The molecule has 9 heteroatoms. The van der Waals surface area contributed by atoms with Crippen molar-refractivity contribution in [2.45, 2.75) is 30.0 Å². The molecule has 1 aliphatic rings. The standard InChI is InChI=1S/C21H30N4O2S2.HI/c1-22-21(23-16-19-9-10-20(28-19)29(26,27)24(2)3)25-13-11-18(12-14-25)15-17-7-5-4-6-8-17;/h4-10,18H,11-16H2,1-3H3,(H,22,23);1H. The van der Waals surface area contributed by atoms with Crippen molar-refractivity contribution in [3.05, 3.63) is 52.9 Å². The third-order valence-corrected chi connectivity index (χ3v) is 8.65. The molecule has 1 aliphatic heterocycles. The second-order valence-corrected chi connectivity index (χ2v) is 11.1. The molecule has 1 aromatic carbocycles. The van der Waals surface area contributed by atoms with Gasteiger partial charge in [-0.05, 0) is 42.9 Å². The van der Waals surface area contributed by atoms with Gasteiger partial charge in [0.05, 0.1) is 6.54 Å². The number of piperidine rings is 1.